The molecule has 0 heterocycles. The van der Waals surface area contributed by atoms with Crippen molar-refractivity contribution >= 4 is 17.7 Å². The van der Waals surface area contributed by atoms with Crippen LogP contribution in [0.4, 0.5) is 0 Å². The van der Waals surface area contributed by atoms with Gasteiger partial charge in [0.05, 0.1) is 11.5 Å². The van der Waals surface area contributed by atoms with Crippen LogP contribution in [0.15, 0.2) is 23.1 Å². The summed E-state index contributed by atoms with van der Waals surface area (Å²) in [5.74, 6) is -0.103. The van der Waals surface area contributed by atoms with Gasteiger partial charge in [-0.3, -0.25) is 4.79 Å². The Balaban J connectivity index is 2.55. The average molecular weight is 257 g/mol. The minimum atomic E-state index is -0.748. The fourth-order valence-electron chi connectivity index (χ4n) is 1.12. The van der Waals surface area contributed by atoms with E-state index >= 15 is 0 Å². The predicted octanol–water partition coefficient (Wildman–Crippen LogP) is 1.08. The van der Waals surface area contributed by atoms with Crippen LogP contribution in [0.2, 0.25) is 0 Å². The van der Waals surface area contributed by atoms with E-state index in [4.69, 9.17) is 10.5 Å². The molecule has 0 unspecified atom stereocenters. The number of aromatic hydroxyl groups is 2. The summed E-state index contributed by atoms with van der Waals surface area (Å²) in [5.41, 5.74) is 5.60. The van der Waals surface area contributed by atoms with Gasteiger partial charge in [-0.05, 0) is 25.1 Å². The summed E-state index contributed by atoms with van der Waals surface area (Å²) in [6.45, 7) is 1.99. The molecule has 0 amide bonds. The van der Waals surface area contributed by atoms with Crippen LogP contribution in [-0.2, 0) is 9.53 Å². The second kappa shape index (κ2) is 6.36. The van der Waals surface area contributed by atoms with Gasteiger partial charge in [-0.25, -0.2) is 0 Å². The van der Waals surface area contributed by atoms with Gasteiger partial charge in [0.25, 0.3) is 0 Å². The van der Waals surface area contributed by atoms with E-state index in [0.29, 0.717) is 4.90 Å². The Labute approximate surface area is 104 Å². The summed E-state index contributed by atoms with van der Waals surface area (Å²) in [6, 6.07) is 3.43. The largest absolute Gasteiger partial charge is 0.508 e. The Morgan fingerprint density at radius 3 is 2.88 bits per heavy atom. The zero-order valence-corrected chi connectivity index (χ0v) is 10.2. The van der Waals surface area contributed by atoms with Crippen LogP contribution in [0, 0.1) is 0 Å². The molecule has 0 radical (unpaired) electrons. The number of carbonyl (C=O) groups is 1. The molecule has 0 aliphatic carbocycles. The maximum absolute atomic E-state index is 11.2. The smallest absolute Gasteiger partial charge is 0.323 e. The van der Waals surface area contributed by atoms with E-state index in [0.717, 1.165) is 0 Å². The number of nitrogens with two attached hydrogens (primary N) is 1. The highest BCUT2D eigenvalue weighted by Crippen LogP contribution is 2.31. The number of phenols is 2. The SMILES string of the molecule is CCOC(=O)[C@@H](N)CSc1cc(O)ccc1O. The van der Waals surface area contributed by atoms with Crippen LogP contribution in [0.3, 0.4) is 0 Å². The first-order chi connectivity index (χ1) is 8.04. The zero-order valence-electron chi connectivity index (χ0n) is 9.42. The summed E-state index contributed by atoms with van der Waals surface area (Å²) in [5, 5.41) is 18.7. The van der Waals surface area contributed by atoms with E-state index in [1.165, 1.54) is 30.0 Å². The Bertz CT molecular complexity index is 397. The lowest BCUT2D eigenvalue weighted by molar-refractivity contribution is -0.144. The van der Waals surface area contributed by atoms with Crippen molar-refractivity contribution in [1.82, 2.24) is 0 Å². The highest BCUT2D eigenvalue weighted by Gasteiger charge is 2.15. The van der Waals surface area contributed by atoms with Crippen molar-refractivity contribution in [2.45, 2.75) is 17.9 Å². The van der Waals surface area contributed by atoms with Crippen LogP contribution >= 0.6 is 11.8 Å². The van der Waals surface area contributed by atoms with Crippen molar-refractivity contribution in [3.05, 3.63) is 18.2 Å². The van der Waals surface area contributed by atoms with Crippen molar-refractivity contribution in [1.29, 1.82) is 0 Å². The molecule has 1 aromatic rings. The molecule has 0 aliphatic heterocycles. The summed E-state index contributed by atoms with van der Waals surface area (Å²) in [6.07, 6.45) is 0. The number of ether oxygens (including phenoxy) is 1. The first kappa shape index (κ1) is 13.7. The summed E-state index contributed by atoms with van der Waals surface area (Å²) >= 11 is 1.19. The number of carbonyl (C=O) groups excluding carboxylic acids is 1. The highest BCUT2D eigenvalue weighted by atomic mass is 32.2. The van der Waals surface area contributed by atoms with E-state index in [9.17, 15) is 15.0 Å². The molecule has 0 aliphatic rings. The average Bonchev–Trinajstić information content (AvgIpc) is 2.30. The van der Waals surface area contributed by atoms with Gasteiger partial charge >= 0.3 is 5.97 Å². The maximum Gasteiger partial charge on any atom is 0.323 e. The zero-order chi connectivity index (χ0) is 12.8. The molecule has 1 atom stereocenters. The Hall–Kier alpha value is -1.40. The lowest BCUT2D eigenvalue weighted by Gasteiger charge is -2.10. The van der Waals surface area contributed by atoms with E-state index in [2.05, 4.69) is 0 Å². The molecule has 6 heteroatoms. The molecule has 0 saturated carbocycles. The normalized spacial score (nSPS) is 12.1. The summed E-state index contributed by atoms with van der Waals surface area (Å²) in [4.78, 5) is 11.7. The lowest BCUT2D eigenvalue weighted by atomic mass is 10.3. The van der Waals surface area contributed by atoms with Crippen molar-refractivity contribution in [3.63, 3.8) is 0 Å². The van der Waals surface area contributed by atoms with Gasteiger partial charge in [0.2, 0.25) is 0 Å². The van der Waals surface area contributed by atoms with Gasteiger partial charge in [-0.2, -0.15) is 0 Å². The predicted molar refractivity (Wildman–Crippen MR) is 65.1 cm³/mol. The quantitative estimate of drug-likeness (QED) is 0.415. The second-order valence-electron chi connectivity index (χ2n) is 3.32. The third-order valence-corrected chi connectivity index (χ3v) is 3.11. The van der Waals surface area contributed by atoms with Crippen molar-refractivity contribution < 1.29 is 19.7 Å². The first-order valence-corrected chi connectivity index (χ1v) is 6.10. The molecule has 0 saturated heterocycles. The van der Waals surface area contributed by atoms with Crippen molar-refractivity contribution in [2.24, 2.45) is 5.73 Å². The summed E-state index contributed by atoms with van der Waals surface area (Å²) < 4.78 is 4.76. The molecule has 1 aromatic carbocycles. The lowest BCUT2D eigenvalue weighted by Crippen LogP contribution is -2.34. The number of esters is 1. The Kier molecular flexibility index (Phi) is 5.11. The third-order valence-electron chi connectivity index (χ3n) is 1.95. The Morgan fingerprint density at radius 1 is 1.53 bits per heavy atom. The molecule has 94 valence electrons. The van der Waals surface area contributed by atoms with Crippen LogP contribution in [0.1, 0.15) is 6.92 Å². The van der Waals surface area contributed by atoms with E-state index in [1.54, 1.807) is 6.92 Å². The van der Waals surface area contributed by atoms with Crippen LogP contribution in [0.25, 0.3) is 0 Å². The number of thioether (sulfide) groups is 1. The van der Waals surface area contributed by atoms with Crippen LogP contribution in [0.5, 0.6) is 11.5 Å². The molecule has 0 fully saturated rings. The number of hydrogen-bond acceptors (Lipinski definition) is 6. The van der Waals surface area contributed by atoms with Crippen LogP contribution in [-0.4, -0.2) is 34.6 Å². The van der Waals surface area contributed by atoms with E-state index in [1.807, 2.05) is 0 Å². The number of rotatable bonds is 5. The van der Waals surface area contributed by atoms with E-state index < -0.39 is 12.0 Å². The first-order valence-electron chi connectivity index (χ1n) is 5.11. The van der Waals surface area contributed by atoms with Gasteiger partial charge in [0.15, 0.2) is 0 Å². The molecule has 0 spiro atoms. The summed E-state index contributed by atoms with van der Waals surface area (Å²) in [7, 11) is 0. The number of benzene rings is 1. The van der Waals surface area contributed by atoms with Crippen LogP contribution < -0.4 is 5.73 Å². The molecule has 4 N–H and O–H groups in total. The monoisotopic (exact) mass is 257 g/mol. The topological polar surface area (TPSA) is 92.8 Å². The molecule has 17 heavy (non-hydrogen) atoms. The van der Waals surface area contributed by atoms with Gasteiger partial charge in [0.1, 0.15) is 17.5 Å². The number of hydrogen-bond donors (Lipinski definition) is 3. The third kappa shape index (κ3) is 4.16. The standard InChI is InChI=1S/C11H15NO4S/c1-2-16-11(15)8(12)6-17-10-5-7(13)3-4-9(10)14/h3-5,8,13-14H,2,6,12H2,1H3/t8-/m0/s1. The second-order valence-corrected chi connectivity index (χ2v) is 4.38. The van der Waals surface area contributed by atoms with Gasteiger partial charge in [-0.15, -0.1) is 11.8 Å². The minimum absolute atomic E-state index is 0.0452. The number of phenolic OH excluding ortho intramolecular Hbond substituents is 2. The highest BCUT2D eigenvalue weighted by molar-refractivity contribution is 7.99. The molecular weight excluding hydrogens is 242 g/mol. The molecular formula is C11H15NO4S. The Morgan fingerprint density at radius 2 is 2.24 bits per heavy atom. The maximum atomic E-state index is 11.2. The fraction of sp³-hybridized carbons (Fsp3) is 0.364. The van der Waals surface area contributed by atoms with Crippen molar-refractivity contribution in [3.8, 4) is 11.5 Å². The molecule has 0 aromatic heterocycles. The molecule has 0 bridgehead atoms. The van der Waals surface area contributed by atoms with Gasteiger partial charge in [-0.1, -0.05) is 0 Å². The van der Waals surface area contributed by atoms with Gasteiger partial charge < -0.3 is 20.7 Å². The molecule has 5 nitrogen and oxygen atoms in total. The minimum Gasteiger partial charge on any atom is -0.508 e. The van der Waals surface area contributed by atoms with Crippen molar-refractivity contribution in [2.75, 3.05) is 12.4 Å². The fourth-order valence-corrected chi connectivity index (χ4v) is 2.03. The molecule has 1 rings (SSSR count). The van der Waals surface area contributed by atoms with E-state index in [-0.39, 0.29) is 23.9 Å². The van der Waals surface area contributed by atoms with Gasteiger partial charge in [0, 0.05) is 5.75 Å².